The summed E-state index contributed by atoms with van der Waals surface area (Å²) in [6, 6.07) is 9.52. The second-order valence-electron chi connectivity index (χ2n) is 7.93. The smallest absolute Gasteiger partial charge is 0.295 e. The van der Waals surface area contributed by atoms with Crippen LogP contribution in [0, 0.1) is 6.57 Å². The predicted molar refractivity (Wildman–Crippen MR) is 140 cm³/mol. The summed E-state index contributed by atoms with van der Waals surface area (Å²) in [6.07, 6.45) is 7.31. The molecule has 0 radical (unpaired) electrons. The summed E-state index contributed by atoms with van der Waals surface area (Å²) in [5.74, 6) is -0.850. The van der Waals surface area contributed by atoms with E-state index >= 15 is 0 Å². The van der Waals surface area contributed by atoms with Gasteiger partial charge in [0.05, 0.1) is 42.9 Å². The van der Waals surface area contributed by atoms with E-state index in [1.165, 1.54) is 24.4 Å². The minimum atomic E-state index is -0.632. The molecule has 9 nitrogen and oxygen atoms in total. The fraction of sp³-hybridized carbons (Fsp3) is 0.231. The molecule has 0 unspecified atom stereocenters. The average Bonchev–Trinajstić information content (AvgIpc) is 3.64. The number of fused-ring (bicyclic) bond motifs is 1. The van der Waals surface area contributed by atoms with Crippen molar-refractivity contribution in [2.45, 2.75) is 12.8 Å². The van der Waals surface area contributed by atoms with Gasteiger partial charge in [0.2, 0.25) is 0 Å². The lowest BCUT2D eigenvalue weighted by molar-refractivity contribution is -0.126. The molecule has 2 aromatic heterocycles. The lowest BCUT2D eigenvalue weighted by Gasteiger charge is -2.28. The average molecular weight is 503 g/mol. The number of amides is 1. The number of piperidine rings is 1. The minimum Gasteiger partial charge on any atom is -0.494 e. The number of aliphatic imine (C=N–C) groups is 2. The fourth-order valence-electron chi connectivity index (χ4n) is 4.08. The van der Waals surface area contributed by atoms with E-state index in [0.29, 0.717) is 48.3 Å². The molecule has 5 rings (SSSR count). The van der Waals surface area contributed by atoms with E-state index < -0.39 is 11.7 Å². The van der Waals surface area contributed by atoms with Crippen molar-refractivity contribution in [2.24, 2.45) is 9.98 Å². The zero-order valence-electron chi connectivity index (χ0n) is 19.6. The van der Waals surface area contributed by atoms with Crippen LogP contribution in [-0.4, -0.2) is 65.9 Å². The summed E-state index contributed by atoms with van der Waals surface area (Å²) < 4.78 is 5.30. The number of rotatable bonds is 4. The Balaban J connectivity index is 0.000000543. The zero-order chi connectivity index (χ0) is 25.5. The van der Waals surface area contributed by atoms with Crippen molar-refractivity contribution in [1.29, 1.82) is 0 Å². The molecule has 1 amide bonds. The number of aromatic nitrogens is 2. The van der Waals surface area contributed by atoms with Gasteiger partial charge in [-0.1, -0.05) is 47.5 Å². The maximum atomic E-state index is 13.0. The van der Waals surface area contributed by atoms with Crippen molar-refractivity contribution >= 4 is 52.4 Å². The molecule has 0 spiro atoms. The Hall–Kier alpha value is -4.29. The van der Waals surface area contributed by atoms with E-state index in [4.69, 9.17) is 22.9 Å². The molecule has 0 atom stereocenters. The first-order valence-electron chi connectivity index (χ1n) is 11.2. The second-order valence-corrected chi connectivity index (χ2v) is 8.29. The second kappa shape index (κ2) is 11.4. The Labute approximate surface area is 213 Å². The number of pyridine rings is 1. The van der Waals surface area contributed by atoms with Crippen LogP contribution in [0.5, 0.6) is 5.75 Å². The Bertz CT molecular complexity index is 1400. The summed E-state index contributed by atoms with van der Waals surface area (Å²) >= 11 is 6.11. The van der Waals surface area contributed by atoms with E-state index in [1.807, 2.05) is 30.3 Å². The lowest BCUT2D eigenvalue weighted by Crippen LogP contribution is -2.40. The maximum Gasteiger partial charge on any atom is 0.295 e. The number of Topliss-reactive ketones (excluding diaryl/α,β-unsaturated/α-hetero) is 1. The van der Waals surface area contributed by atoms with E-state index in [2.05, 4.69) is 24.8 Å². The van der Waals surface area contributed by atoms with Gasteiger partial charge in [-0.3, -0.25) is 14.6 Å². The van der Waals surface area contributed by atoms with Gasteiger partial charge in [0, 0.05) is 25.5 Å². The number of hydrogen-bond donors (Lipinski definition) is 1. The van der Waals surface area contributed by atoms with E-state index in [-0.39, 0.29) is 10.7 Å². The highest BCUT2D eigenvalue weighted by molar-refractivity contribution is 6.45. The first-order chi connectivity index (χ1) is 17.5. The summed E-state index contributed by atoms with van der Waals surface area (Å²) in [6.45, 7) is 9.11. The van der Waals surface area contributed by atoms with E-state index in [9.17, 15) is 9.59 Å². The molecule has 10 heteroatoms. The van der Waals surface area contributed by atoms with Crippen LogP contribution in [0.15, 0.2) is 58.3 Å². The highest BCUT2D eigenvalue weighted by atomic mass is 35.5. The number of nitrogens with one attached hydrogen (secondary N) is 1. The molecule has 4 heterocycles. The van der Waals surface area contributed by atoms with Crippen LogP contribution in [0.25, 0.3) is 21.4 Å². The molecule has 182 valence electrons. The number of methoxy groups -OCH3 is 1. The first kappa shape index (κ1) is 24.8. The number of aromatic amines is 1. The van der Waals surface area contributed by atoms with Gasteiger partial charge in [0.25, 0.3) is 11.7 Å². The highest BCUT2D eigenvalue weighted by Gasteiger charge is 2.29. The van der Waals surface area contributed by atoms with Crippen LogP contribution >= 0.6 is 11.6 Å². The highest BCUT2D eigenvalue weighted by Crippen LogP contribution is 2.33. The van der Waals surface area contributed by atoms with Crippen molar-refractivity contribution in [1.82, 2.24) is 14.9 Å². The molecule has 2 aliphatic heterocycles. The van der Waals surface area contributed by atoms with Crippen LogP contribution in [-0.2, 0) is 4.79 Å². The van der Waals surface area contributed by atoms with Gasteiger partial charge in [-0.05, 0) is 18.4 Å². The number of ketones is 1. The molecular weight excluding hydrogens is 480 g/mol. The van der Waals surface area contributed by atoms with Crippen LogP contribution < -0.4 is 4.74 Å². The summed E-state index contributed by atoms with van der Waals surface area (Å²) in [5, 5.41) is 0.639. The largest absolute Gasteiger partial charge is 0.494 e. The van der Waals surface area contributed by atoms with Gasteiger partial charge in [0.15, 0.2) is 10.9 Å². The Morgan fingerprint density at radius 3 is 2.53 bits per heavy atom. The number of halogens is 1. The van der Waals surface area contributed by atoms with Crippen LogP contribution in [0.3, 0.4) is 0 Å². The van der Waals surface area contributed by atoms with Gasteiger partial charge in [-0.15, -0.1) is 0 Å². The SMILES string of the molecule is C1=NC=NC1.[C-]#[N+]C(=C1CCN(C(=O)C(=O)c2c[nH]c3c(Cl)ncc(OC)c23)CC1)c1ccccc1. The normalized spacial score (nSPS) is 14.2. The standard InChI is InChI=1S/C23H19ClN4O3.C3H4N2/c1-25-19(14-6-4-3-5-7-14)15-8-10-28(11-9-15)23(30)21(29)16-12-26-20-18(16)17(31-2)13-27-22(20)24;1-2-5-3-4-1/h3-7,12-13,26H,8-11H2,2H3;1,3H,2H2. The third-order valence-electron chi connectivity index (χ3n) is 5.88. The minimum absolute atomic E-state index is 0.197. The number of carbonyl (C=O) groups excluding carboxylic acids is 2. The molecule has 36 heavy (non-hydrogen) atoms. The number of benzene rings is 1. The van der Waals surface area contributed by atoms with E-state index in [1.54, 1.807) is 12.6 Å². The molecule has 1 aromatic carbocycles. The topological polar surface area (TPSA) is 104 Å². The van der Waals surface area contributed by atoms with Crippen LogP contribution in [0.2, 0.25) is 5.15 Å². The molecule has 0 saturated carbocycles. The van der Waals surface area contributed by atoms with Crippen LogP contribution in [0.4, 0.5) is 0 Å². The Kier molecular flexibility index (Phi) is 7.88. The van der Waals surface area contributed by atoms with Crippen molar-refractivity contribution in [3.8, 4) is 5.75 Å². The molecule has 1 saturated heterocycles. The zero-order valence-corrected chi connectivity index (χ0v) is 20.3. The number of likely N-dealkylation sites (tertiary alicyclic amines) is 1. The van der Waals surface area contributed by atoms with Crippen molar-refractivity contribution in [3.63, 3.8) is 0 Å². The number of hydrogen-bond acceptors (Lipinski definition) is 6. The lowest BCUT2D eigenvalue weighted by atomic mass is 9.97. The van der Waals surface area contributed by atoms with Crippen molar-refractivity contribution < 1.29 is 14.3 Å². The van der Waals surface area contributed by atoms with Gasteiger partial charge >= 0.3 is 0 Å². The monoisotopic (exact) mass is 502 g/mol. The Morgan fingerprint density at radius 1 is 1.19 bits per heavy atom. The molecule has 1 N–H and O–H groups in total. The Morgan fingerprint density at radius 2 is 1.94 bits per heavy atom. The summed E-state index contributed by atoms with van der Waals surface area (Å²) in [7, 11) is 1.47. The first-order valence-corrected chi connectivity index (χ1v) is 11.6. The molecule has 0 bridgehead atoms. The predicted octanol–water partition coefficient (Wildman–Crippen LogP) is 4.46. The molecule has 2 aliphatic rings. The van der Waals surface area contributed by atoms with Gasteiger partial charge < -0.3 is 14.6 Å². The number of ether oxygens (including phenoxy) is 1. The number of H-pyrrole nitrogens is 1. The van der Waals surface area contributed by atoms with Gasteiger partial charge in [-0.2, -0.15) is 0 Å². The van der Waals surface area contributed by atoms with Crippen LogP contribution in [0.1, 0.15) is 28.8 Å². The third kappa shape index (κ3) is 5.19. The number of nitrogens with zero attached hydrogens (tertiary/aromatic N) is 5. The number of carbonyl (C=O) groups is 2. The van der Waals surface area contributed by atoms with E-state index in [0.717, 1.165) is 17.7 Å². The molecular formula is C26H23ClN6O3. The summed E-state index contributed by atoms with van der Waals surface area (Å²) in [5.41, 5.74) is 3.16. The van der Waals surface area contributed by atoms with Crippen molar-refractivity contribution in [3.05, 3.63) is 76.0 Å². The molecule has 3 aromatic rings. The maximum absolute atomic E-state index is 13.0. The van der Waals surface area contributed by atoms with Gasteiger partial charge in [0.1, 0.15) is 12.1 Å². The van der Waals surface area contributed by atoms with Crippen molar-refractivity contribution in [2.75, 3.05) is 26.7 Å². The third-order valence-corrected chi connectivity index (χ3v) is 6.16. The molecule has 1 fully saturated rings. The summed E-state index contributed by atoms with van der Waals surface area (Å²) in [4.78, 5) is 45.5. The quantitative estimate of drug-likeness (QED) is 0.246. The fourth-order valence-corrected chi connectivity index (χ4v) is 4.27. The molecule has 0 aliphatic carbocycles. The van der Waals surface area contributed by atoms with Gasteiger partial charge in [-0.25, -0.2) is 14.8 Å².